The molecule has 0 saturated heterocycles. The van der Waals surface area contributed by atoms with Gasteiger partial charge >= 0.3 is 5.97 Å². The number of carboxylic acids is 1. The second kappa shape index (κ2) is 14.0. The van der Waals surface area contributed by atoms with Crippen molar-refractivity contribution in [1.29, 1.82) is 0 Å². The minimum absolute atomic E-state index is 0.115. The lowest BCUT2D eigenvalue weighted by Gasteiger charge is -2.28. The fourth-order valence-electron chi connectivity index (χ4n) is 3.15. The molecule has 10 N–H and O–H groups in total. The van der Waals surface area contributed by atoms with Crippen molar-refractivity contribution in [1.82, 2.24) is 25.9 Å². The van der Waals surface area contributed by atoms with Crippen molar-refractivity contribution in [2.75, 3.05) is 0 Å². The molecule has 1 heterocycles. The number of hydrogen-bond donors (Lipinski definition) is 8. The number of hydrogen-bond acceptors (Lipinski definition) is 8. The van der Waals surface area contributed by atoms with Crippen LogP contribution in [0.4, 0.5) is 0 Å². The molecule has 1 aromatic heterocycles. The summed E-state index contributed by atoms with van der Waals surface area (Å²) in [5.74, 6) is -4.85. The first kappa shape index (κ1) is 29.5. The van der Waals surface area contributed by atoms with Gasteiger partial charge in [0, 0.05) is 24.7 Å². The number of nitrogens with two attached hydrogens (primary N) is 2. The fourth-order valence-corrected chi connectivity index (χ4v) is 3.15. The molecule has 196 valence electrons. The van der Waals surface area contributed by atoms with Crippen LogP contribution in [0.25, 0.3) is 0 Å². The maximum atomic E-state index is 13.0. The Hall–Kier alpha value is -3.52. The van der Waals surface area contributed by atoms with Crippen LogP contribution in [0.15, 0.2) is 12.5 Å². The molecule has 6 unspecified atom stereocenters. The van der Waals surface area contributed by atoms with Crippen LogP contribution in [0.1, 0.15) is 45.7 Å². The zero-order valence-electron chi connectivity index (χ0n) is 20.0. The number of primary amides is 1. The summed E-state index contributed by atoms with van der Waals surface area (Å²) in [4.78, 5) is 67.7. The maximum Gasteiger partial charge on any atom is 0.328 e. The van der Waals surface area contributed by atoms with Gasteiger partial charge in [0.1, 0.15) is 12.1 Å². The third-order valence-corrected chi connectivity index (χ3v) is 5.48. The summed E-state index contributed by atoms with van der Waals surface area (Å²) >= 11 is 0. The van der Waals surface area contributed by atoms with Gasteiger partial charge in [0.05, 0.1) is 18.5 Å². The smallest absolute Gasteiger partial charge is 0.328 e. The third-order valence-electron chi connectivity index (χ3n) is 5.48. The molecule has 0 saturated carbocycles. The Labute approximate surface area is 202 Å². The Morgan fingerprint density at radius 3 is 2.17 bits per heavy atom. The summed E-state index contributed by atoms with van der Waals surface area (Å²) in [5.41, 5.74) is 11.7. The van der Waals surface area contributed by atoms with E-state index in [1.54, 1.807) is 13.8 Å². The number of carboxylic acid groups (broad SMARTS) is 1. The summed E-state index contributed by atoms with van der Waals surface area (Å²) in [5, 5.41) is 26.1. The van der Waals surface area contributed by atoms with Crippen LogP contribution in [0.5, 0.6) is 0 Å². The molecule has 14 heteroatoms. The monoisotopic (exact) mass is 497 g/mol. The molecule has 0 fully saturated rings. The summed E-state index contributed by atoms with van der Waals surface area (Å²) in [6, 6.07) is -5.04. The molecule has 0 bridgehead atoms. The first-order valence-corrected chi connectivity index (χ1v) is 11.2. The number of aliphatic hydroxyl groups excluding tert-OH is 1. The van der Waals surface area contributed by atoms with Crippen LogP contribution in [0.2, 0.25) is 0 Å². The van der Waals surface area contributed by atoms with Crippen LogP contribution in [-0.4, -0.2) is 80.1 Å². The Morgan fingerprint density at radius 2 is 1.69 bits per heavy atom. The van der Waals surface area contributed by atoms with Gasteiger partial charge in [0.2, 0.25) is 23.6 Å². The van der Waals surface area contributed by atoms with Crippen molar-refractivity contribution < 1.29 is 34.2 Å². The van der Waals surface area contributed by atoms with Gasteiger partial charge in [0.25, 0.3) is 0 Å². The van der Waals surface area contributed by atoms with E-state index < -0.39 is 65.8 Å². The van der Waals surface area contributed by atoms with Gasteiger partial charge in [0.15, 0.2) is 6.04 Å². The second-order valence-corrected chi connectivity index (χ2v) is 8.39. The lowest BCUT2D eigenvalue weighted by Crippen LogP contribution is -2.60. The number of aliphatic hydroxyl groups is 1. The SMILES string of the molecule is CCC(C)C(NC(=O)C(CCC(N)=O)NC(=O)C(N)Cc1cnc[nH]1)C(=O)NC(C(=O)O)C(C)O. The van der Waals surface area contributed by atoms with Gasteiger partial charge in [-0.05, 0) is 19.3 Å². The predicted octanol–water partition coefficient (Wildman–Crippen LogP) is -2.49. The molecule has 0 aliphatic heterocycles. The van der Waals surface area contributed by atoms with E-state index in [1.165, 1.54) is 19.4 Å². The maximum absolute atomic E-state index is 13.0. The first-order valence-electron chi connectivity index (χ1n) is 11.2. The number of nitrogens with zero attached hydrogens (tertiary/aromatic N) is 1. The van der Waals surface area contributed by atoms with E-state index in [1.807, 2.05) is 0 Å². The van der Waals surface area contributed by atoms with Crippen molar-refractivity contribution in [3.63, 3.8) is 0 Å². The number of aromatic nitrogens is 2. The molecule has 4 amide bonds. The van der Waals surface area contributed by atoms with Crippen LogP contribution < -0.4 is 27.4 Å². The number of amides is 4. The lowest BCUT2D eigenvalue weighted by atomic mass is 9.96. The molecule has 6 atom stereocenters. The molecule has 35 heavy (non-hydrogen) atoms. The van der Waals surface area contributed by atoms with E-state index >= 15 is 0 Å². The highest BCUT2D eigenvalue weighted by Gasteiger charge is 2.34. The summed E-state index contributed by atoms with van der Waals surface area (Å²) in [6.45, 7) is 4.64. The molecule has 0 spiro atoms. The Morgan fingerprint density at radius 1 is 1.06 bits per heavy atom. The zero-order chi connectivity index (χ0) is 26.7. The minimum atomic E-state index is -1.59. The number of imidazole rings is 1. The van der Waals surface area contributed by atoms with Gasteiger partial charge < -0.3 is 42.6 Å². The molecule has 1 rings (SSSR count). The van der Waals surface area contributed by atoms with Crippen LogP contribution in [0, 0.1) is 5.92 Å². The number of aliphatic carboxylic acids is 1. The zero-order valence-corrected chi connectivity index (χ0v) is 20.0. The third kappa shape index (κ3) is 9.70. The standard InChI is InChI=1S/C21H35N7O7/c1-4-10(2)16(20(33)28-17(11(3)29)21(34)35)27-19(32)14(5-6-15(23)30)26-18(31)13(22)7-12-8-24-9-25-12/h8-11,13-14,16-17,29H,4-7,22H2,1-3H3,(H2,23,30)(H,24,25)(H,26,31)(H,27,32)(H,28,33)(H,34,35). The van der Waals surface area contributed by atoms with Crippen LogP contribution in [-0.2, 0) is 30.4 Å². The van der Waals surface area contributed by atoms with Crippen molar-refractivity contribution in [2.24, 2.45) is 17.4 Å². The number of H-pyrrole nitrogens is 1. The molecule has 0 aliphatic rings. The summed E-state index contributed by atoms with van der Waals surface area (Å²) in [6.07, 6.45) is 1.72. The molecule has 1 aromatic rings. The van der Waals surface area contributed by atoms with Crippen LogP contribution >= 0.6 is 0 Å². The molecule has 0 aromatic carbocycles. The van der Waals surface area contributed by atoms with Gasteiger partial charge in [-0.1, -0.05) is 20.3 Å². The van der Waals surface area contributed by atoms with Gasteiger partial charge in [-0.3, -0.25) is 19.2 Å². The highest BCUT2D eigenvalue weighted by Crippen LogP contribution is 2.11. The first-order chi connectivity index (χ1) is 16.4. The summed E-state index contributed by atoms with van der Waals surface area (Å²) < 4.78 is 0. The Balaban J connectivity index is 3.00. The quantitative estimate of drug-likeness (QED) is 0.128. The van der Waals surface area contributed by atoms with Gasteiger partial charge in [-0.25, -0.2) is 9.78 Å². The molecule has 14 nitrogen and oxygen atoms in total. The number of carbonyl (C=O) groups is 5. The highest BCUT2D eigenvalue weighted by atomic mass is 16.4. The van der Waals surface area contributed by atoms with E-state index in [9.17, 15) is 34.2 Å². The van der Waals surface area contributed by atoms with E-state index in [2.05, 4.69) is 25.9 Å². The summed E-state index contributed by atoms with van der Waals surface area (Å²) in [7, 11) is 0. The predicted molar refractivity (Wildman–Crippen MR) is 123 cm³/mol. The average molecular weight is 498 g/mol. The van der Waals surface area contributed by atoms with E-state index in [4.69, 9.17) is 11.5 Å². The minimum Gasteiger partial charge on any atom is -0.480 e. The Bertz CT molecular complexity index is 875. The van der Waals surface area contributed by atoms with Crippen molar-refractivity contribution in [2.45, 2.75) is 76.7 Å². The number of rotatable bonds is 15. The second-order valence-electron chi connectivity index (χ2n) is 8.39. The number of aromatic amines is 1. The lowest BCUT2D eigenvalue weighted by molar-refractivity contribution is -0.145. The molecule has 0 aliphatic carbocycles. The highest BCUT2D eigenvalue weighted by molar-refractivity contribution is 5.94. The Kier molecular flexibility index (Phi) is 11.8. The fraction of sp³-hybridized carbons (Fsp3) is 0.619. The van der Waals surface area contributed by atoms with Gasteiger partial charge in [-0.2, -0.15) is 0 Å². The van der Waals surface area contributed by atoms with Crippen molar-refractivity contribution in [3.8, 4) is 0 Å². The number of carbonyl (C=O) groups excluding carboxylic acids is 4. The van der Waals surface area contributed by atoms with E-state index in [0.717, 1.165) is 0 Å². The normalized spacial score (nSPS) is 16.1. The van der Waals surface area contributed by atoms with Crippen molar-refractivity contribution in [3.05, 3.63) is 18.2 Å². The van der Waals surface area contributed by atoms with Crippen LogP contribution in [0.3, 0.4) is 0 Å². The van der Waals surface area contributed by atoms with E-state index in [0.29, 0.717) is 12.1 Å². The van der Waals surface area contributed by atoms with Gasteiger partial charge in [-0.15, -0.1) is 0 Å². The largest absolute Gasteiger partial charge is 0.480 e. The average Bonchev–Trinajstić information content (AvgIpc) is 3.29. The molecule has 0 radical (unpaired) electrons. The molecular weight excluding hydrogens is 462 g/mol. The topological polar surface area (TPSA) is 243 Å². The van der Waals surface area contributed by atoms with E-state index in [-0.39, 0.29) is 19.3 Å². The number of nitrogens with one attached hydrogen (secondary N) is 4. The molecular formula is C21H35N7O7. The van der Waals surface area contributed by atoms with Crippen molar-refractivity contribution >= 4 is 29.6 Å².